The van der Waals surface area contributed by atoms with Gasteiger partial charge >= 0.3 is 6.03 Å². The van der Waals surface area contributed by atoms with Crippen molar-refractivity contribution in [2.24, 2.45) is 0 Å². The molecule has 7 nitrogen and oxygen atoms in total. The summed E-state index contributed by atoms with van der Waals surface area (Å²) in [5.74, 6) is 1.35. The highest BCUT2D eigenvalue weighted by Gasteiger charge is 2.32. The number of rotatable bonds is 5. The number of nitrogens with one attached hydrogen (secondary N) is 1. The Balaban J connectivity index is 1.63. The van der Waals surface area contributed by atoms with E-state index in [4.69, 9.17) is 9.47 Å². The van der Waals surface area contributed by atoms with Gasteiger partial charge in [0.1, 0.15) is 0 Å². The number of hydrogen-bond acceptors (Lipinski definition) is 4. The third-order valence-corrected chi connectivity index (χ3v) is 4.88. The Labute approximate surface area is 147 Å². The molecule has 2 saturated heterocycles. The molecule has 136 valence electrons. The number of likely N-dealkylation sites (tertiary alicyclic amines) is 1. The summed E-state index contributed by atoms with van der Waals surface area (Å²) in [6.45, 7) is 2.77. The average molecular weight is 347 g/mol. The van der Waals surface area contributed by atoms with E-state index in [1.54, 1.807) is 14.2 Å². The topological polar surface area (TPSA) is 71.1 Å². The lowest BCUT2D eigenvalue weighted by molar-refractivity contribution is -0.132. The van der Waals surface area contributed by atoms with Crippen LogP contribution in [0.15, 0.2) is 18.2 Å². The molecule has 0 spiro atoms. The summed E-state index contributed by atoms with van der Waals surface area (Å²) in [5, 5.41) is 2.83. The first-order valence-corrected chi connectivity index (χ1v) is 8.65. The molecule has 0 radical (unpaired) electrons. The van der Waals surface area contributed by atoms with Gasteiger partial charge < -0.3 is 24.6 Å². The standard InChI is InChI=1S/C18H25N3O4/c1-24-15-6-5-13(10-16(15)25-2)11-17(22)20-8-3-4-14(12-20)21-9-7-19-18(21)23/h5-6,10,14H,3-4,7-9,11-12H2,1-2H3,(H,19,23)/t14-/m1/s1. The van der Waals surface area contributed by atoms with Crippen LogP contribution in [0.1, 0.15) is 18.4 Å². The summed E-state index contributed by atoms with van der Waals surface area (Å²) in [4.78, 5) is 28.3. The number of carbonyl (C=O) groups is 2. The normalized spacial score (nSPS) is 20.4. The van der Waals surface area contributed by atoms with E-state index in [2.05, 4.69) is 5.32 Å². The molecule has 2 aliphatic heterocycles. The smallest absolute Gasteiger partial charge is 0.317 e. The highest BCUT2D eigenvalue weighted by molar-refractivity contribution is 5.80. The maximum atomic E-state index is 12.7. The van der Waals surface area contributed by atoms with E-state index < -0.39 is 0 Å². The second-order valence-electron chi connectivity index (χ2n) is 6.43. The minimum Gasteiger partial charge on any atom is -0.493 e. The average Bonchev–Trinajstić information content (AvgIpc) is 3.07. The molecule has 0 aliphatic carbocycles. The Kier molecular flexibility index (Phi) is 5.31. The van der Waals surface area contributed by atoms with E-state index in [9.17, 15) is 9.59 Å². The van der Waals surface area contributed by atoms with Gasteiger partial charge in [0.15, 0.2) is 11.5 Å². The lowest BCUT2D eigenvalue weighted by Crippen LogP contribution is -2.51. The van der Waals surface area contributed by atoms with Crippen LogP contribution in [0.5, 0.6) is 11.5 Å². The van der Waals surface area contributed by atoms with E-state index in [-0.39, 0.29) is 18.0 Å². The summed E-state index contributed by atoms with van der Waals surface area (Å²) in [7, 11) is 3.17. The molecule has 0 aromatic heterocycles. The van der Waals surface area contributed by atoms with Crippen LogP contribution in [0.25, 0.3) is 0 Å². The maximum Gasteiger partial charge on any atom is 0.317 e. The Morgan fingerprint density at radius 3 is 2.72 bits per heavy atom. The molecule has 1 aromatic rings. The molecule has 3 amide bonds. The molecule has 2 fully saturated rings. The largest absolute Gasteiger partial charge is 0.493 e. The quantitative estimate of drug-likeness (QED) is 0.871. The van der Waals surface area contributed by atoms with Crippen molar-refractivity contribution < 1.29 is 19.1 Å². The number of benzene rings is 1. The zero-order chi connectivity index (χ0) is 17.8. The van der Waals surface area contributed by atoms with E-state index in [1.165, 1.54) is 0 Å². The third-order valence-electron chi connectivity index (χ3n) is 4.88. The number of hydrogen-bond donors (Lipinski definition) is 1. The van der Waals surface area contributed by atoms with Crippen molar-refractivity contribution in [2.45, 2.75) is 25.3 Å². The molecular weight excluding hydrogens is 322 g/mol. The zero-order valence-electron chi connectivity index (χ0n) is 14.8. The van der Waals surface area contributed by atoms with Gasteiger partial charge in [-0.25, -0.2) is 4.79 Å². The predicted molar refractivity (Wildman–Crippen MR) is 93.0 cm³/mol. The number of nitrogens with zero attached hydrogens (tertiary/aromatic N) is 2. The van der Waals surface area contributed by atoms with Crippen molar-refractivity contribution in [3.8, 4) is 11.5 Å². The first kappa shape index (κ1) is 17.4. The highest BCUT2D eigenvalue weighted by Crippen LogP contribution is 2.28. The Bertz CT molecular complexity index is 649. The van der Waals surface area contributed by atoms with Crippen LogP contribution in [0, 0.1) is 0 Å². The summed E-state index contributed by atoms with van der Waals surface area (Å²) < 4.78 is 10.5. The van der Waals surface area contributed by atoms with E-state index in [0.717, 1.165) is 31.5 Å². The van der Waals surface area contributed by atoms with Gasteiger partial charge in [-0.05, 0) is 30.5 Å². The van der Waals surface area contributed by atoms with Crippen molar-refractivity contribution in [3.05, 3.63) is 23.8 Å². The first-order valence-electron chi connectivity index (χ1n) is 8.65. The Hall–Kier alpha value is -2.44. The molecule has 2 heterocycles. The summed E-state index contributed by atoms with van der Waals surface area (Å²) >= 11 is 0. The van der Waals surface area contributed by atoms with Gasteiger partial charge in [0.25, 0.3) is 0 Å². The fraction of sp³-hybridized carbons (Fsp3) is 0.556. The molecule has 3 rings (SSSR count). The molecule has 2 aliphatic rings. The van der Waals surface area contributed by atoms with Gasteiger partial charge in [-0.1, -0.05) is 6.07 Å². The van der Waals surface area contributed by atoms with Gasteiger partial charge in [0.05, 0.1) is 26.7 Å². The van der Waals surface area contributed by atoms with E-state index in [0.29, 0.717) is 31.0 Å². The first-order chi connectivity index (χ1) is 12.1. The molecule has 1 aromatic carbocycles. The van der Waals surface area contributed by atoms with E-state index >= 15 is 0 Å². The van der Waals surface area contributed by atoms with Crippen molar-refractivity contribution in [3.63, 3.8) is 0 Å². The summed E-state index contributed by atoms with van der Waals surface area (Å²) in [5.41, 5.74) is 0.892. The summed E-state index contributed by atoms with van der Waals surface area (Å²) in [6.07, 6.45) is 2.19. The van der Waals surface area contributed by atoms with Gasteiger partial charge in [-0.15, -0.1) is 0 Å². The van der Waals surface area contributed by atoms with Gasteiger partial charge in [-0.2, -0.15) is 0 Å². The second-order valence-corrected chi connectivity index (χ2v) is 6.43. The van der Waals surface area contributed by atoms with Crippen LogP contribution in [-0.2, 0) is 11.2 Å². The fourth-order valence-corrected chi connectivity index (χ4v) is 3.55. The highest BCUT2D eigenvalue weighted by atomic mass is 16.5. The van der Waals surface area contributed by atoms with E-state index in [1.807, 2.05) is 28.0 Å². The third kappa shape index (κ3) is 3.81. The van der Waals surface area contributed by atoms with Crippen LogP contribution in [0.4, 0.5) is 4.79 Å². The fourth-order valence-electron chi connectivity index (χ4n) is 3.55. The van der Waals surface area contributed by atoms with Crippen LogP contribution in [0.3, 0.4) is 0 Å². The van der Waals surface area contributed by atoms with Crippen LogP contribution < -0.4 is 14.8 Å². The number of piperidine rings is 1. The number of methoxy groups -OCH3 is 2. The molecule has 0 saturated carbocycles. The maximum absolute atomic E-state index is 12.7. The lowest BCUT2D eigenvalue weighted by Gasteiger charge is -2.37. The van der Waals surface area contributed by atoms with Gasteiger partial charge in [0.2, 0.25) is 5.91 Å². The number of amides is 3. The monoisotopic (exact) mass is 347 g/mol. The van der Waals surface area contributed by atoms with Crippen molar-refractivity contribution >= 4 is 11.9 Å². The number of urea groups is 1. The lowest BCUT2D eigenvalue weighted by atomic mass is 10.0. The zero-order valence-corrected chi connectivity index (χ0v) is 14.8. The van der Waals surface area contributed by atoms with Crippen molar-refractivity contribution in [1.82, 2.24) is 15.1 Å². The van der Waals surface area contributed by atoms with Gasteiger partial charge in [0, 0.05) is 26.2 Å². The second kappa shape index (κ2) is 7.63. The van der Waals surface area contributed by atoms with Crippen LogP contribution >= 0.6 is 0 Å². The van der Waals surface area contributed by atoms with Crippen LogP contribution in [0.2, 0.25) is 0 Å². The number of carbonyl (C=O) groups excluding carboxylic acids is 2. The number of ether oxygens (including phenoxy) is 2. The molecule has 0 bridgehead atoms. The van der Waals surface area contributed by atoms with Gasteiger partial charge in [-0.3, -0.25) is 4.79 Å². The van der Waals surface area contributed by atoms with Crippen molar-refractivity contribution in [2.75, 3.05) is 40.4 Å². The molecular formula is C18H25N3O4. The molecule has 25 heavy (non-hydrogen) atoms. The molecule has 1 N–H and O–H groups in total. The SMILES string of the molecule is COc1ccc(CC(=O)N2CCC[C@@H](N3CCNC3=O)C2)cc1OC. The van der Waals surface area contributed by atoms with Crippen LogP contribution in [-0.4, -0.2) is 68.2 Å². The Morgan fingerprint density at radius 1 is 1.24 bits per heavy atom. The van der Waals surface area contributed by atoms with Crippen molar-refractivity contribution in [1.29, 1.82) is 0 Å². The molecule has 7 heteroatoms. The predicted octanol–water partition coefficient (Wildman–Crippen LogP) is 1.26. The minimum atomic E-state index is -0.0146. The molecule has 0 unspecified atom stereocenters. The minimum absolute atomic E-state index is 0.0146. The molecule has 1 atom stereocenters. The Morgan fingerprint density at radius 2 is 2.04 bits per heavy atom. The summed E-state index contributed by atoms with van der Waals surface area (Å²) in [6, 6.07) is 5.64.